The number of alkyl halides is 3. The molecule has 1 rings (SSSR count). The lowest BCUT2D eigenvalue weighted by Gasteiger charge is -2.32. The molecule has 2 atom stereocenters. The van der Waals surface area contributed by atoms with Crippen molar-refractivity contribution in [2.45, 2.75) is 31.9 Å². The maximum Gasteiger partial charge on any atom is 0.392 e. The maximum atomic E-state index is 12.5. The van der Waals surface area contributed by atoms with Crippen molar-refractivity contribution in [3.63, 3.8) is 0 Å². The standard InChI is InChI=1S/C8H14F3N3/c9-8(10,11)6-4-2-1-3-5(6)7(12)14-13/h5-6H,1-4,13H2,(H2,12,14). The molecular weight excluding hydrogens is 195 g/mol. The van der Waals surface area contributed by atoms with E-state index < -0.39 is 18.0 Å². The Balaban J connectivity index is 2.79. The van der Waals surface area contributed by atoms with Crippen molar-refractivity contribution in [3.05, 3.63) is 0 Å². The van der Waals surface area contributed by atoms with Crippen LogP contribution in [-0.4, -0.2) is 12.0 Å². The summed E-state index contributed by atoms with van der Waals surface area (Å²) in [7, 11) is 0. The molecule has 0 heterocycles. The lowest BCUT2D eigenvalue weighted by Crippen LogP contribution is -2.40. The zero-order valence-corrected chi connectivity index (χ0v) is 7.72. The van der Waals surface area contributed by atoms with E-state index in [2.05, 4.69) is 5.10 Å². The number of hydrogen-bond acceptors (Lipinski definition) is 2. The molecule has 82 valence electrons. The first kappa shape index (κ1) is 11.1. The molecule has 1 aliphatic carbocycles. The SMILES string of the molecule is NN=C(N)C1CCCCC1C(F)(F)F. The van der Waals surface area contributed by atoms with Crippen LogP contribution in [0.2, 0.25) is 0 Å². The van der Waals surface area contributed by atoms with Crippen LogP contribution in [0.25, 0.3) is 0 Å². The van der Waals surface area contributed by atoms with Crippen LogP contribution in [0.3, 0.4) is 0 Å². The lowest BCUT2D eigenvalue weighted by atomic mass is 9.78. The highest BCUT2D eigenvalue weighted by Crippen LogP contribution is 2.41. The molecule has 0 aromatic heterocycles. The molecule has 1 saturated carbocycles. The van der Waals surface area contributed by atoms with Gasteiger partial charge in [-0.1, -0.05) is 12.8 Å². The van der Waals surface area contributed by atoms with Crippen LogP contribution in [0.4, 0.5) is 13.2 Å². The highest BCUT2D eigenvalue weighted by molar-refractivity contribution is 5.83. The molecule has 2 unspecified atom stereocenters. The highest BCUT2D eigenvalue weighted by Gasteiger charge is 2.46. The number of amidine groups is 1. The average molecular weight is 209 g/mol. The Morgan fingerprint density at radius 3 is 2.29 bits per heavy atom. The summed E-state index contributed by atoms with van der Waals surface area (Å²) in [5.41, 5.74) is 5.36. The van der Waals surface area contributed by atoms with Crippen molar-refractivity contribution in [1.82, 2.24) is 0 Å². The molecule has 1 fully saturated rings. The summed E-state index contributed by atoms with van der Waals surface area (Å²) in [5.74, 6) is 2.73. The van der Waals surface area contributed by atoms with Crippen molar-refractivity contribution < 1.29 is 13.2 Å². The van der Waals surface area contributed by atoms with Gasteiger partial charge in [-0.2, -0.15) is 18.3 Å². The molecule has 0 aromatic carbocycles. The topological polar surface area (TPSA) is 64.4 Å². The minimum atomic E-state index is -4.19. The molecule has 0 aliphatic heterocycles. The fraction of sp³-hybridized carbons (Fsp3) is 0.875. The van der Waals surface area contributed by atoms with E-state index >= 15 is 0 Å². The molecule has 0 radical (unpaired) electrons. The van der Waals surface area contributed by atoms with Gasteiger partial charge in [0.05, 0.1) is 5.92 Å². The van der Waals surface area contributed by atoms with Crippen LogP contribution in [0.5, 0.6) is 0 Å². The van der Waals surface area contributed by atoms with E-state index in [0.29, 0.717) is 12.8 Å². The summed E-state index contributed by atoms with van der Waals surface area (Å²) in [4.78, 5) is 0. The maximum absolute atomic E-state index is 12.5. The molecular formula is C8H14F3N3. The van der Waals surface area contributed by atoms with Crippen LogP contribution in [0.15, 0.2) is 5.10 Å². The van der Waals surface area contributed by atoms with Gasteiger partial charge in [0.15, 0.2) is 0 Å². The Morgan fingerprint density at radius 1 is 1.21 bits per heavy atom. The van der Waals surface area contributed by atoms with Gasteiger partial charge >= 0.3 is 6.18 Å². The third kappa shape index (κ3) is 2.30. The highest BCUT2D eigenvalue weighted by atomic mass is 19.4. The summed E-state index contributed by atoms with van der Waals surface area (Å²) in [6, 6.07) is 0. The molecule has 14 heavy (non-hydrogen) atoms. The quantitative estimate of drug-likeness (QED) is 0.298. The van der Waals surface area contributed by atoms with E-state index in [1.807, 2.05) is 0 Å². The molecule has 0 aromatic rings. The Labute approximate surface area is 80.3 Å². The second-order valence-corrected chi connectivity index (χ2v) is 3.59. The Hall–Kier alpha value is -0.940. The minimum absolute atomic E-state index is 0.0768. The van der Waals surface area contributed by atoms with Crippen LogP contribution in [0.1, 0.15) is 25.7 Å². The number of nitrogens with two attached hydrogens (primary N) is 2. The molecule has 3 nitrogen and oxygen atoms in total. The Bertz CT molecular complexity index is 224. The van der Waals surface area contributed by atoms with Gasteiger partial charge < -0.3 is 11.6 Å². The van der Waals surface area contributed by atoms with Crippen LogP contribution >= 0.6 is 0 Å². The lowest BCUT2D eigenvalue weighted by molar-refractivity contribution is -0.189. The van der Waals surface area contributed by atoms with Crippen LogP contribution in [-0.2, 0) is 0 Å². The van der Waals surface area contributed by atoms with E-state index in [-0.39, 0.29) is 12.3 Å². The zero-order chi connectivity index (χ0) is 10.8. The number of hydrogen-bond donors (Lipinski definition) is 2. The molecule has 0 bridgehead atoms. The molecule has 0 saturated heterocycles. The summed E-state index contributed by atoms with van der Waals surface area (Å²) in [5, 5.41) is 3.17. The van der Waals surface area contributed by atoms with Crippen LogP contribution < -0.4 is 11.6 Å². The Morgan fingerprint density at radius 2 is 1.79 bits per heavy atom. The largest absolute Gasteiger partial charge is 0.392 e. The molecule has 0 spiro atoms. The number of rotatable bonds is 1. The van der Waals surface area contributed by atoms with Gasteiger partial charge in [0.2, 0.25) is 0 Å². The van der Waals surface area contributed by atoms with Crippen molar-refractivity contribution in [3.8, 4) is 0 Å². The third-order valence-corrected chi connectivity index (χ3v) is 2.72. The first-order chi connectivity index (χ1) is 6.46. The summed E-state index contributed by atoms with van der Waals surface area (Å²) in [6.07, 6.45) is -2.28. The van der Waals surface area contributed by atoms with Crippen molar-refractivity contribution in [2.75, 3.05) is 0 Å². The minimum Gasteiger partial charge on any atom is -0.385 e. The van der Waals surface area contributed by atoms with Crippen molar-refractivity contribution >= 4 is 5.84 Å². The number of hydrazone groups is 1. The Kier molecular flexibility index (Phi) is 3.23. The molecule has 6 heteroatoms. The van der Waals surface area contributed by atoms with Gasteiger partial charge in [-0.05, 0) is 12.8 Å². The molecule has 4 N–H and O–H groups in total. The smallest absolute Gasteiger partial charge is 0.385 e. The third-order valence-electron chi connectivity index (χ3n) is 2.72. The second kappa shape index (κ2) is 4.06. The van der Waals surface area contributed by atoms with Gasteiger partial charge in [-0.3, -0.25) is 0 Å². The first-order valence-corrected chi connectivity index (χ1v) is 4.56. The average Bonchev–Trinajstić information content (AvgIpc) is 2.15. The van der Waals surface area contributed by atoms with E-state index in [0.717, 1.165) is 6.42 Å². The van der Waals surface area contributed by atoms with Crippen molar-refractivity contribution in [2.24, 2.45) is 28.5 Å². The normalized spacial score (nSPS) is 30.4. The van der Waals surface area contributed by atoms with Gasteiger partial charge in [-0.15, -0.1) is 0 Å². The number of nitrogens with zero attached hydrogens (tertiary/aromatic N) is 1. The summed E-state index contributed by atoms with van der Waals surface area (Å²) in [6.45, 7) is 0. The van der Waals surface area contributed by atoms with E-state index in [9.17, 15) is 13.2 Å². The molecule has 0 amide bonds. The first-order valence-electron chi connectivity index (χ1n) is 4.56. The van der Waals surface area contributed by atoms with Gasteiger partial charge in [0, 0.05) is 5.92 Å². The van der Waals surface area contributed by atoms with E-state index in [1.165, 1.54) is 0 Å². The summed E-state index contributed by atoms with van der Waals surface area (Å²) < 4.78 is 37.6. The predicted octanol–water partition coefficient (Wildman–Crippen LogP) is 1.59. The zero-order valence-electron chi connectivity index (χ0n) is 7.72. The van der Waals surface area contributed by atoms with Crippen molar-refractivity contribution in [1.29, 1.82) is 0 Å². The predicted molar refractivity (Wildman–Crippen MR) is 47.3 cm³/mol. The van der Waals surface area contributed by atoms with E-state index in [4.69, 9.17) is 11.6 Å². The van der Waals surface area contributed by atoms with Crippen LogP contribution in [0, 0.1) is 11.8 Å². The monoisotopic (exact) mass is 209 g/mol. The number of halogens is 3. The second-order valence-electron chi connectivity index (χ2n) is 3.59. The van der Waals surface area contributed by atoms with Gasteiger partial charge in [-0.25, -0.2) is 0 Å². The van der Waals surface area contributed by atoms with Gasteiger partial charge in [0.1, 0.15) is 5.84 Å². The molecule has 1 aliphatic rings. The van der Waals surface area contributed by atoms with E-state index in [1.54, 1.807) is 0 Å². The fourth-order valence-electron chi connectivity index (χ4n) is 1.97. The fourth-order valence-corrected chi connectivity index (χ4v) is 1.97. The summed E-state index contributed by atoms with van der Waals surface area (Å²) >= 11 is 0. The van der Waals surface area contributed by atoms with Gasteiger partial charge in [0.25, 0.3) is 0 Å².